The maximum absolute atomic E-state index is 13.3. The zero-order chi connectivity index (χ0) is 19.9. The van der Waals surface area contributed by atoms with Crippen LogP contribution in [0.3, 0.4) is 0 Å². The number of hydrogen-bond donors (Lipinski definition) is 1. The van der Waals surface area contributed by atoms with E-state index in [9.17, 15) is 9.18 Å². The number of hydrogen-bond acceptors (Lipinski definition) is 1. The lowest BCUT2D eigenvalue weighted by Crippen LogP contribution is -2.24. The predicted molar refractivity (Wildman–Crippen MR) is 113 cm³/mol. The molecule has 1 fully saturated rings. The Labute approximate surface area is 165 Å². The van der Waals surface area contributed by atoms with E-state index in [1.807, 2.05) is 0 Å². The number of carbonyl (C=O) groups excluding carboxylic acids is 1. The third kappa shape index (κ3) is 3.82. The number of rotatable bonds is 4. The van der Waals surface area contributed by atoms with Gasteiger partial charge in [-0.1, -0.05) is 45.0 Å². The average Bonchev–Trinajstić information content (AvgIpc) is 2.89. The summed E-state index contributed by atoms with van der Waals surface area (Å²) in [6.45, 7) is 6.22. The number of halogens is 1. The summed E-state index contributed by atoms with van der Waals surface area (Å²) < 4.78 is 15.6. The summed E-state index contributed by atoms with van der Waals surface area (Å²) in [7, 11) is 0. The summed E-state index contributed by atoms with van der Waals surface area (Å²) in [6, 6.07) is 15.4. The highest BCUT2D eigenvalue weighted by Gasteiger charge is 2.25. The Kier molecular flexibility index (Phi) is 4.74. The maximum Gasteiger partial charge on any atom is 0.226 e. The van der Waals surface area contributed by atoms with Gasteiger partial charge in [-0.15, -0.1) is 0 Å². The van der Waals surface area contributed by atoms with Crippen molar-refractivity contribution < 1.29 is 9.18 Å². The highest BCUT2D eigenvalue weighted by Crippen LogP contribution is 2.40. The standard InChI is InChI=1S/C24H27FN2O/c1-24(2,3)15-23(28)26-22-14-18-8-7-17(16-9-11-19(25)12-10-16)13-21(18)27(22)20-5-4-6-20/h7-14,20H,4-6,15H2,1-3H3,(H,26,28). The van der Waals surface area contributed by atoms with Crippen LogP contribution in [0.4, 0.5) is 10.2 Å². The minimum absolute atomic E-state index is 0.0485. The fraction of sp³-hybridized carbons (Fsp3) is 0.375. The number of fused-ring (bicyclic) bond motifs is 1. The molecule has 0 radical (unpaired) electrons. The van der Waals surface area contributed by atoms with Crippen molar-refractivity contribution in [3.63, 3.8) is 0 Å². The molecule has 3 aromatic rings. The van der Waals surface area contributed by atoms with Gasteiger partial charge in [0.25, 0.3) is 0 Å². The zero-order valence-corrected chi connectivity index (χ0v) is 16.8. The summed E-state index contributed by atoms with van der Waals surface area (Å²) in [5, 5.41) is 4.26. The van der Waals surface area contributed by atoms with E-state index < -0.39 is 0 Å². The van der Waals surface area contributed by atoms with E-state index in [1.165, 1.54) is 18.6 Å². The normalized spacial score (nSPS) is 14.9. The second-order valence-electron chi connectivity index (χ2n) is 9.05. The van der Waals surface area contributed by atoms with E-state index >= 15 is 0 Å². The van der Waals surface area contributed by atoms with Crippen molar-refractivity contribution in [1.82, 2.24) is 4.57 Å². The van der Waals surface area contributed by atoms with Gasteiger partial charge in [-0.25, -0.2) is 4.39 Å². The zero-order valence-electron chi connectivity index (χ0n) is 16.8. The molecular formula is C24H27FN2O. The predicted octanol–water partition coefficient (Wildman–Crippen LogP) is 6.55. The van der Waals surface area contributed by atoms with E-state index in [4.69, 9.17) is 0 Å². The first-order chi connectivity index (χ1) is 13.3. The minimum atomic E-state index is -0.230. The summed E-state index contributed by atoms with van der Waals surface area (Å²) >= 11 is 0. The number of carbonyl (C=O) groups is 1. The molecule has 146 valence electrons. The number of anilines is 1. The quantitative estimate of drug-likeness (QED) is 0.549. The summed E-state index contributed by atoms with van der Waals surface area (Å²) in [5.74, 6) is 0.700. The first-order valence-electron chi connectivity index (χ1n) is 10.0. The van der Waals surface area contributed by atoms with Gasteiger partial charge in [-0.2, -0.15) is 0 Å². The summed E-state index contributed by atoms with van der Waals surface area (Å²) in [5.41, 5.74) is 3.12. The fourth-order valence-corrected chi connectivity index (χ4v) is 3.85. The molecule has 1 saturated carbocycles. The topological polar surface area (TPSA) is 34.0 Å². The van der Waals surface area contributed by atoms with E-state index in [2.05, 4.69) is 54.9 Å². The molecule has 0 saturated heterocycles. The van der Waals surface area contributed by atoms with Crippen LogP contribution in [0.15, 0.2) is 48.5 Å². The molecule has 0 bridgehead atoms. The largest absolute Gasteiger partial charge is 0.324 e. The van der Waals surface area contributed by atoms with Crippen LogP contribution >= 0.6 is 0 Å². The van der Waals surface area contributed by atoms with Crippen molar-refractivity contribution in [3.05, 3.63) is 54.3 Å². The molecule has 0 atom stereocenters. The van der Waals surface area contributed by atoms with Gasteiger partial charge in [0.05, 0.1) is 5.52 Å². The van der Waals surface area contributed by atoms with Crippen molar-refractivity contribution in [1.29, 1.82) is 0 Å². The molecule has 1 N–H and O–H groups in total. The number of aromatic nitrogens is 1. The molecule has 1 aliphatic carbocycles. The lowest BCUT2D eigenvalue weighted by Gasteiger charge is -2.30. The van der Waals surface area contributed by atoms with Gasteiger partial charge in [0.1, 0.15) is 11.6 Å². The average molecular weight is 378 g/mol. The molecule has 3 nitrogen and oxygen atoms in total. The first-order valence-corrected chi connectivity index (χ1v) is 10.0. The molecule has 1 heterocycles. The van der Waals surface area contributed by atoms with Gasteiger partial charge in [-0.3, -0.25) is 4.79 Å². The van der Waals surface area contributed by atoms with E-state index in [0.29, 0.717) is 12.5 Å². The number of amides is 1. The van der Waals surface area contributed by atoms with Crippen LogP contribution in [0.25, 0.3) is 22.0 Å². The van der Waals surface area contributed by atoms with Gasteiger partial charge < -0.3 is 9.88 Å². The van der Waals surface area contributed by atoms with Crippen molar-refractivity contribution in [2.45, 2.75) is 52.5 Å². The van der Waals surface area contributed by atoms with Crippen LogP contribution in [0.5, 0.6) is 0 Å². The van der Waals surface area contributed by atoms with Crippen LogP contribution in [-0.4, -0.2) is 10.5 Å². The van der Waals surface area contributed by atoms with Crippen molar-refractivity contribution in [2.75, 3.05) is 5.32 Å². The monoisotopic (exact) mass is 378 g/mol. The molecule has 4 rings (SSSR count). The van der Waals surface area contributed by atoms with Crippen LogP contribution < -0.4 is 5.32 Å². The highest BCUT2D eigenvalue weighted by molar-refractivity contribution is 5.96. The van der Waals surface area contributed by atoms with Crippen LogP contribution in [0.1, 0.15) is 52.5 Å². The highest BCUT2D eigenvalue weighted by atomic mass is 19.1. The molecule has 2 aromatic carbocycles. The summed E-state index contributed by atoms with van der Waals surface area (Å²) in [6.07, 6.45) is 3.97. The van der Waals surface area contributed by atoms with Gasteiger partial charge >= 0.3 is 0 Å². The third-order valence-corrected chi connectivity index (χ3v) is 5.42. The Hall–Kier alpha value is -2.62. The van der Waals surface area contributed by atoms with E-state index in [1.54, 1.807) is 12.1 Å². The van der Waals surface area contributed by atoms with Crippen molar-refractivity contribution in [3.8, 4) is 11.1 Å². The molecule has 0 spiro atoms. The molecule has 0 aliphatic heterocycles. The lowest BCUT2D eigenvalue weighted by atomic mass is 9.92. The van der Waals surface area contributed by atoms with Gasteiger partial charge in [0, 0.05) is 17.8 Å². The molecule has 1 aromatic heterocycles. The van der Waals surface area contributed by atoms with E-state index in [-0.39, 0.29) is 17.1 Å². The SMILES string of the molecule is CC(C)(C)CC(=O)Nc1cc2ccc(-c3ccc(F)cc3)cc2n1C1CCC1. The maximum atomic E-state index is 13.3. The van der Waals surface area contributed by atoms with Crippen molar-refractivity contribution >= 4 is 22.6 Å². The second-order valence-corrected chi connectivity index (χ2v) is 9.05. The molecule has 4 heteroatoms. The lowest BCUT2D eigenvalue weighted by molar-refractivity contribution is -0.117. The van der Waals surface area contributed by atoms with Crippen LogP contribution in [-0.2, 0) is 4.79 Å². The molecular weight excluding hydrogens is 351 g/mol. The van der Waals surface area contributed by atoms with E-state index in [0.717, 1.165) is 40.7 Å². The smallest absolute Gasteiger partial charge is 0.226 e. The van der Waals surface area contributed by atoms with Crippen LogP contribution in [0, 0.1) is 11.2 Å². The second kappa shape index (κ2) is 7.08. The summed E-state index contributed by atoms with van der Waals surface area (Å²) in [4.78, 5) is 12.5. The van der Waals surface area contributed by atoms with Gasteiger partial charge in [-0.05, 0) is 60.1 Å². The third-order valence-electron chi connectivity index (χ3n) is 5.42. The van der Waals surface area contributed by atoms with Gasteiger partial charge in [0.2, 0.25) is 5.91 Å². The molecule has 0 unspecified atom stereocenters. The Balaban J connectivity index is 1.74. The molecule has 28 heavy (non-hydrogen) atoms. The first kappa shape index (κ1) is 18.7. The number of benzene rings is 2. The van der Waals surface area contributed by atoms with Crippen molar-refractivity contribution in [2.24, 2.45) is 5.41 Å². The Bertz CT molecular complexity index is 1010. The number of nitrogens with zero attached hydrogens (tertiary/aromatic N) is 1. The minimum Gasteiger partial charge on any atom is -0.324 e. The van der Waals surface area contributed by atoms with Crippen LogP contribution in [0.2, 0.25) is 0 Å². The Morgan fingerprint density at radius 1 is 1.07 bits per heavy atom. The fourth-order valence-electron chi connectivity index (χ4n) is 3.85. The molecule has 1 aliphatic rings. The Morgan fingerprint density at radius 2 is 1.75 bits per heavy atom. The Morgan fingerprint density at radius 3 is 2.36 bits per heavy atom. The van der Waals surface area contributed by atoms with Gasteiger partial charge in [0.15, 0.2) is 0 Å². The molecule has 1 amide bonds. The number of nitrogens with one attached hydrogen (secondary N) is 1.